The Morgan fingerprint density at radius 2 is 2.00 bits per heavy atom. The molecule has 1 fully saturated rings. The van der Waals surface area contributed by atoms with Crippen LogP contribution in [0.15, 0.2) is 4.52 Å². The summed E-state index contributed by atoms with van der Waals surface area (Å²) in [5.74, 6) is 2.63. The van der Waals surface area contributed by atoms with Gasteiger partial charge in [0, 0.05) is 11.8 Å². The van der Waals surface area contributed by atoms with E-state index in [1.54, 1.807) is 0 Å². The maximum Gasteiger partial charge on any atom is 0.229 e. The van der Waals surface area contributed by atoms with Crippen molar-refractivity contribution in [3.05, 3.63) is 11.7 Å². The second-order valence-electron chi connectivity index (χ2n) is 4.13. The van der Waals surface area contributed by atoms with Gasteiger partial charge in [0.25, 0.3) is 0 Å². The molecule has 0 radical (unpaired) electrons. The molecule has 3 nitrogen and oxygen atoms in total. The Bertz CT molecular complexity index is 274. The normalized spacial score (nSPS) is 18.7. The number of nitrogens with zero attached hydrogens (tertiary/aromatic N) is 2. The van der Waals surface area contributed by atoms with E-state index in [0.717, 1.165) is 11.7 Å². The molecule has 0 aliphatic heterocycles. The molecule has 0 aromatic carbocycles. The molecule has 0 amide bonds. The lowest BCUT2D eigenvalue weighted by molar-refractivity contribution is 0.349. The molecule has 1 saturated carbocycles. The Morgan fingerprint density at radius 3 is 2.54 bits per heavy atom. The lowest BCUT2D eigenvalue weighted by Gasteiger charge is -1.99. The predicted molar refractivity (Wildman–Crippen MR) is 49.6 cm³/mol. The fourth-order valence-electron chi connectivity index (χ4n) is 1.82. The number of rotatable bonds is 2. The molecule has 2 rings (SSSR count). The molecule has 1 aliphatic rings. The SMILES string of the molecule is CC(C)c1noc(C2CCCC2)n1. The third-order valence-corrected chi connectivity index (χ3v) is 2.68. The first-order chi connectivity index (χ1) is 6.27. The van der Waals surface area contributed by atoms with Gasteiger partial charge in [-0.05, 0) is 12.8 Å². The van der Waals surface area contributed by atoms with Crippen LogP contribution in [0.2, 0.25) is 0 Å². The van der Waals surface area contributed by atoms with Crippen molar-refractivity contribution in [1.29, 1.82) is 0 Å². The standard InChI is InChI=1S/C10H16N2O/c1-7(2)9-11-10(13-12-9)8-5-3-4-6-8/h7-8H,3-6H2,1-2H3. The molecule has 0 unspecified atom stereocenters. The van der Waals surface area contributed by atoms with Crippen molar-refractivity contribution in [2.75, 3.05) is 0 Å². The summed E-state index contributed by atoms with van der Waals surface area (Å²) in [5, 5.41) is 3.97. The highest BCUT2D eigenvalue weighted by Gasteiger charge is 2.23. The van der Waals surface area contributed by atoms with Crippen LogP contribution < -0.4 is 0 Å². The first kappa shape index (κ1) is 8.73. The van der Waals surface area contributed by atoms with Crippen molar-refractivity contribution in [2.24, 2.45) is 0 Å². The zero-order valence-corrected chi connectivity index (χ0v) is 8.29. The van der Waals surface area contributed by atoms with Crippen LogP contribution in [0.3, 0.4) is 0 Å². The van der Waals surface area contributed by atoms with E-state index >= 15 is 0 Å². The summed E-state index contributed by atoms with van der Waals surface area (Å²) in [6.07, 6.45) is 5.06. The third kappa shape index (κ3) is 1.74. The van der Waals surface area contributed by atoms with E-state index in [1.165, 1.54) is 25.7 Å². The average molecular weight is 180 g/mol. The molecule has 1 heterocycles. The van der Waals surface area contributed by atoms with Gasteiger partial charge in [0.1, 0.15) is 0 Å². The van der Waals surface area contributed by atoms with Gasteiger partial charge >= 0.3 is 0 Å². The largest absolute Gasteiger partial charge is 0.339 e. The summed E-state index contributed by atoms with van der Waals surface area (Å²) in [7, 11) is 0. The monoisotopic (exact) mass is 180 g/mol. The molecule has 0 spiro atoms. The van der Waals surface area contributed by atoms with Gasteiger partial charge in [-0.1, -0.05) is 31.8 Å². The van der Waals surface area contributed by atoms with Crippen molar-refractivity contribution < 1.29 is 4.52 Å². The van der Waals surface area contributed by atoms with Gasteiger partial charge in [0.2, 0.25) is 5.89 Å². The molecule has 1 aromatic rings. The van der Waals surface area contributed by atoms with E-state index in [1.807, 2.05) is 0 Å². The molecular formula is C10H16N2O. The summed E-state index contributed by atoms with van der Waals surface area (Å²) in [6, 6.07) is 0. The zero-order valence-electron chi connectivity index (χ0n) is 8.29. The minimum Gasteiger partial charge on any atom is -0.339 e. The van der Waals surface area contributed by atoms with Crippen LogP contribution in [0.5, 0.6) is 0 Å². The lowest BCUT2D eigenvalue weighted by atomic mass is 10.1. The smallest absolute Gasteiger partial charge is 0.229 e. The van der Waals surface area contributed by atoms with E-state index in [-0.39, 0.29) is 0 Å². The van der Waals surface area contributed by atoms with Crippen molar-refractivity contribution >= 4 is 0 Å². The van der Waals surface area contributed by atoms with E-state index in [0.29, 0.717) is 11.8 Å². The molecule has 0 N–H and O–H groups in total. The Kier molecular flexibility index (Phi) is 2.34. The quantitative estimate of drug-likeness (QED) is 0.702. The van der Waals surface area contributed by atoms with E-state index in [2.05, 4.69) is 24.0 Å². The minimum absolute atomic E-state index is 0.374. The predicted octanol–water partition coefficient (Wildman–Crippen LogP) is 2.85. The van der Waals surface area contributed by atoms with Crippen LogP contribution in [-0.2, 0) is 0 Å². The van der Waals surface area contributed by atoms with Gasteiger partial charge in [0.05, 0.1) is 0 Å². The molecular weight excluding hydrogens is 164 g/mol. The van der Waals surface area contributed by atoms with Crippen LogP contribution in [0.4, 0.5) is 0 Å². The number of aromatic nitrogens is 2. The van der Waals surface area contributed by atoms with E-state index < -0.39 is 0 Å². The highest BCUT2D eigenvalue weighted by Crippen LogP contribution is 2.33. The number of hydrogen-bond donors (Lipinski definition) is 0. The first-order valence-corrected chi connectivity index (χ1v) is 5.11. The first-order valence-electron chi connectivity index (χ1n) is 5.11. The van der Waals surface area contributed by atoms with Crippen LogP contribution in [-0.4, -0.2) is 10.1 Å². The van der Waals surface area contributed by atoms with E-state index in [9.17, 15) is 0 Å². The second kappa shape index (κ2) is 3.48. The zero-order chi connectivity index (χ0) is 9.26. The summed E-state index contributed by atoms with van der Waals surface area (Å²) in [6.45, 7) is 4.17. The average Bonchev–Trinajstić information content (AvgIpc) is 2.75. The maximum atomic E-state index is 5.25. The Hall–Kier alpha value is -0.860. The van der Waals surface area contributed by atoms with Crippen LogP contribution in [0.25, 0.3) is 0 Å². The lowest BCUT2D eigenvalue weighted by Crippen LogP contribution is -1.94. The molecule has 0 bridgehead atoms. The molecule has 3 heteroatoms. The molecule has 72 valence electrons. The van der Waals surface area contributed by atoms with Crippen LogP contribution in [0, 0.1) is 0 Å². The molecule has 13 heavy (non-hydrogen) atoms. The van der Waals surface area contributed by atoms with Gasteiger partial charge in [-0.2, -0.15) is 4.98 Å². The third-order valence-electron chi connectivity index (χ3n) is 2.68. The van der Waals surface area contributed by atoms with Crippen molar-refractivity contribution in [1.82, 2.24) is 10.1 Å². The molecule has 0 saturated heterocycles. The van der Waals surface area contributed by atoms with Gasteiger partial charge in [-0.25, -0.2) is 0 Å². The van der Waals surface area contributed by atoms with E-state index in [4.69, 9.17) is 4.52 Å². The van der Waals surface area contributed by atoms with Gasteiger partial charge in [0.15, 0.2) is 5.82 Å². The number of hydrogen-bond acceptors (Lipinski definition) is 3. The van der Waals surface area contributed by atoms with Crippen molar-refractivity contribution in [3.63, 3.8) is 0 Å². The summed E-state index contributed by atoms with van der Waals surface area (Å²) in [4.78, 5) is 4.41. The highest BCUT2D eigenvalue weighted by molar-refractivity contribution is 4.98. The Labute approximate surface area is 78.5 Å². The van der Waals surface area contributed by atoms with Crippen molar-refractivity contribution in [2.45, 2.75) is 51.4 Å². The Balaban J connectivity index is 2.12. The molecule has 0 atom stereocenters. The van der Waals surface area contributed by atoms with Crippen LogP contribution in [0.1, 0.15) is 63.1 Å². The highest BCUT2D eigenvalue weighted by atomic mass is 16.5. The molecule has 1 aromatic heterocycles. The topological polar surface area (TPSA) is 38.9 Å². The van der Waals surface area contributed by atoms with Gasteiger partial charge in [-0.3, -0.25) is 0 Å². The summed E-state index contributed by atoms with van der Waals surface area (Å²) in [5.41, 5.74) is 0. The van der Waals surface area contributed by atoms with Crippen molar-refractivity contribution in [3.8, 4) is 0 Å². The summed E-state index contributed by atoms with van der Waals surface area (Å²) >= 11 is 0. The van der Waals surface area contributed by atoms with Gasteiger partial charge < -0.3 is 4.52 Å². The maximum absolute atomic E-state index is 5.25. The molecule has 1 aliphatic carbocycles. The summed E-state index contributed by atoms with van der Waals surface area (Å²) < 4.78 is 5.25. The van der Waals surface area contributed by atoms with Gasteiger partial charge in [-0.15, -0.1) is 0 Å². The second-order valence-corrected chi connectivity index (χ2v) is 4.13. The fourth-order valence-corrected chi connectivity index (χ4v) is 1.82. The fraction of sp³-hybridized carbons (Fsp3) is 0.800. The van der Waals surface area contributed by atoms with Crippen LogP contribution >= 0.6 is 0 Å². The minimum atomic E-state index is 0.374. The Morgan fingerprint density at radius 1 is 1.31 bits per heavy atom.